The molecule has 0 aliphatic heterocycles. The summed E-state index contributed by atoms with van der Waals surface area (Å²) in [6.45, 7) is -0.803. The Bertz CT molecular complexity index is 1050. The third-order valence-electron chi connectivity index (χ3n) is 4.55. The standard InChI is InChI=1S/C22H26F3N7O/c1-14(33)30-18-7-5-15(6-8-18)16-10-19(21(26)29-12-16)22(31-27)32(28)13-17(11-24)20(25)4-2-3-9-23/h2-3,5-8,10,12H,4,9,11,13,27-28H2,1H3,(H2,26,29)(H,30,33)/b3-2-,20-17+,31-22-. The molecule has 2 rings (SSSR count). The first kappa shape index (κ1) is 25.4. The Labute approximate surface area is 189 Å². The van der Waals surface area contributed by atoms with E-state index >= 15 is 0 Å². The number of amidine groups is 1. The number of nitrogens with zero attached hydrogens (tertiary/aromatic N) is 3. The van der Waals surface area contributed by atoms with Crippen molar-refractivity contribution >= 4 is 23.2 Å². The maximum Gasteiger partial charge on any atom is 0.221 e. The largest absolute Gasteiger partial charge is 0.383 e. The molecule has 1 amide bonds. The zero-order valence-corrected chi connectivity index (χ0v) is 18.1. The van der Waals surface area contributed by atoms with Crippen LogP contribution in [0, 0.1) is 0 Å². The van der Waals surface area contributed by atoms with Gasteiger partial charge >= 0.3 is 0 Å². The van der Waals surface area contributed by atoms with Crippen LogP contribution in [0.2, 0.25) is 0 Å². The molecule has 33 heavy (non-hydrogen) atoms. The third-order valence-corrected chi connectivity index (χ3v) is 4.55. The van der Waals surface area contributed by atoms with Crippen molar-refractivity contribution in [3.63, 3.8) is 0 Å². The molecular formula is C22H26F3N7O. The van der Waals surface area contributed by atoms with Gasteiger partial charge in [0.15, 0.2) is 5.84 Å². The van der Waals surface area contributed by atoms with Gasteiger partial charge in [-0.3, -0.25) is 9.80 Å². The van der Waals surface area contributed by atoms with E-state index in [0.717, 1.165) is 16.6 Å². The summed E-state index contributed by atoms with van der Waals surface area (Å²) in [7, 11) is 0. The van der Waals surface area contributed by atoms with Gasteiger partial charge < -0.3 is 16.9 Å². The summed E-state index contributed by atoms with van der Waals surface area (Å²) in [6, 6.07) is 8.62. The Morgan fingerprint density at radius 2 is 1.91 bits per heavy atom. The molecule has 0 unspecified atom stereocenters. The first-order chi connectivity index (χ1) is 15.8. The number of hydrogen-bond donors (Lipinski definition) is 4. The van der Waals surface area contributed by atoms with Crippen LogP contribution in [0.15, 0.2) is 65.2 Å². The number of rotatable bonds is 9. The number of allylic oxidation sites excluding steroid dienone is 3. The smallest absolute Gasteiger partial charge is 0.221 e. The molecule has 0 atom stereocenters. The molecule has 0 radical (unpaired) electrons. The fourth-order valence-electron chi connectivity index (χ4n) is 2.94. The van der Waals surface area contributed by atoms with Crippen LogP contribution in [-0.4, -0.2) is 41.6 Å². The van der Waals surface area contributed by atoms with Crippen molar-refractivity contribution in [1.82, 2.24) is 9.99 Å². The molecule has 0 fully saturated rings. The first-order valence-electron chi connectivity index (χ1n) is 9.88. The number of halogens is 3. The van der Waals surface area contributed by atoms with Crippen LogP contribution in [0.25, 0.3) is 11.1 Å². The number of nitrogens with two attached hydrogens (primary N) is 3. The van der Waals surface area contributed by atoms with E-state index in [4.69, 9.17) is 17.4 Å². The Balaban J connectivity index is 2.31. The molecule has 11 heteroatoms. The first-order valence-corrected chi connectivity index (χ1v) is 9.88. The van der Waals surface area contributed by atoms with E-state index in [9.17, 15) is 18.0 Å². The van der Waals surface area contributed by atoms with Gasteiger partial charge in [-0.1, -0.05) is 24.3 Å². The SMILES string of the molecule is CC(=O)Nc1ccc(-c2cnc(N)c(/C(=N/N)N(N)C/C(CF)=C(/F)C/C=C\CF)c2)cc1. The molecule has 1 heterocycles. The van der Waals surface area contributed by atoms with E-state index in [0.29, 0.717) is 11.3 Å². The number of aromatic nitrogens is 1. The molecule has 176 valence electrons. The second-order valence-corrected chi connectivity index (χ2v) is 6.97. The lowest BCUT2D eigenvalue weighted by molar-refractivity contribution is -0.114. The average Bonchev–Trinajstić information content (AvgIpc) is 2.79. The zero-order valence-electron chi connectivity index (χ0n) is 18.1. The summed E-state index contributed by atoms with van der Waals surface area (Å²) < 4.78 is 39.8. The van der Waals surface area contributed by atoms with Crippen molar-refractivity contribution in [2.75, 3.05) is 30.9 Å². The Hall–Kier alpha value is -3.86. The molecule has 0 aliphatic carbocycles. The number of carbonyl (C=O) groups excluding carboxylic acids is 1. The highest BCUT2D eigenvalue weighted by atomic mass is 19.1. The lowest BCUT2D eigenvalue weighted by atomic mass is 10.0. The number of hydrogen-bond acceptors (Lipinski definition) is 6. The predicted molar refractivity (Wildman–Crippen MR) is 124 cm³/mol. The molecular weight excluding hydrogens is 435 g/mol. The second-order valence-electron chi connectivity index (χ2n) is 6.97. The highest BCUT2D eigenvalue weighted by Gasteiger charge is 2.18. The number of hydrazine groups is 1. The number of amides is 1. The van der Waals surface area contributed by atoms with Crippen LogP contribution in [0.1, 0.15) is 18.9 Å². The molecule has 1 aromatic heterocycles. The number of hydrazone groups is 1. The van der Waals surface area contributed by atoms with E-state index in [-0.39, 0.29) is 41.7 Å². The fourth-order valence-corrected chi connectivity index (χ4v) is 2.94. The van der Waals surface area contributed by atoms with Gasteiger partial charge in [-0.05, 0) is 23.8 Å². The van der Waals surface area contributed by atoms with Crippen LogP contribution in [0.4, 0.5) is 24.7 Å². The lowest BCUT2D eigenvalue weighted by Gasteiger charge is -2.22. The van der Waals surface area contributed by atoms with Crippen molar-refractivity contribution in [3.8, 4) is 11.1 Å². The maximum absolute atomic E-state index is 14.2. The quantitative estimate of drug-likeness (QED) is 0.149. The van der Waals surface area contributed by atoms with E-state index in [1.807, 2.05) is 0 Å². The maximum atomic E-state index is 14.2. The molecule has 2 aromatic rings. The van der Waals surface area contributed by atoms with Crippen molar-refractivity contribution in [2.45, 2.75) is 13.3 Å². The molecule has 0 bridgehead atoms. The molecule has 1 aromatic carbocycles. The Morgan fingerprint density at radius 1 is 1.21 bits per heavy atom. The van der Waals surface area contributed by atoms with Crippen molar-refractivity contribution < 1.29 is 18.0 Å². The molecule has 0 spiro atoms. The van der Waals surface area contributed by atoms with Gasteiger partial charge in [0.25, 0.3) is 0 Å². The van der Waals surface area contributed by atoms with Gasteiger partial charge in [0.05, 0.1) is 12.1 Å². The molecule has 7 N–H and O–H groups in total. The monoisotopic (exact) mass is 461 g/mol. The predicted octanol–water partition coefficient (Wildman–Crippen LogP) is 3.19. The number of anilines is 2. The number of nitrogen functional groups attached to an aromatic ring is 1. The van der Waals surface area contributed by atoms with Crippen LogP contribution in [0.5, 0.6) is 0 Å². The second kappa shape index (κ2) is 12.2. The van der Waals surface area contributed by atoms with Crippen molar-refractivity contribution in [1.29, 1.82) is 0 Å². The van der Waals surface area contributed by atoms with Gasteiger partial charge in [-0.2, -0.15) is 5.10 Å². The Morgan fingerprint density at radius 3 is 2.48 bits per heavy atom. The molecule has 8 nitrogen and oxygen atoms in total. The summed E-state index contributed by atoms with van der Waals surface area (Å²) in [5.41, 5.74) is 8.04. The third kappa shape index (κ3) is 7.07. The zero-order chi connectivity index (χ0) is 24.4. The van der Waals surface area contributed by atoms with Gasteiger partial charge in [-0.15, -0.1) is 0 Å². The topological polar surface area (TPSA) is 136 Å². The Kier molecular flexibility index (Phi) is 9.43. The van der Waals surface area contributed by atoms with Gasteiger partial charge in [0.2, 0.25) is 5.91 Å². The van der Waals surface area contributed by atoms with Crippen LogP contribution < -0.4 is 22.7 Å². The minimum Gasteiger partial charge on any atom is -0.383 e. The summed E-state index contributed by atoms with van der Waals surface area (Å²) in [6.07, 6.45) is 3.65. The number of pyridine rings is 1. The van der Waals surface area contributed by atoms with Crippen molar-refractivity contribution in [2.24, 2.45) is 16.8 Å². The minimum absolute atomic E-state index is 0.0326. The molecule has 0 saturated carbocycles. The average molecular weight is 461 g/mol. The van der Waals surface area contributed by atoms with E-state index in [2.05, 4.69) is 15.4 Å². The highest BCUT2D eigenvalue weighted by molar-refractivity contribution is 6.03. The number of alkyl halides is 2. The van der Waals surface area contributed by atoms with Crippen LogP contribution in [0.3, 0.4) is 0 Å². The fraction of sp³-hybridized carbons (Fsp3) is 0.227. The van der Waals surface area contributed by atoms with E-state index in [1.165, 1.54) is 19.2 Å². The van der Waals surface area contributed by atoms with Crippen molar-refractivity contribution in [3.05, 3.63) is 65.6 Å². The van der Waals surface area contributed by atoms with Gasteiger partial charge in [0.1, 0.15) is 25.0 Å². The number of benzene rings is 1. The normalized spacial score (nSPS) is 12.6. The summed E-state index contributed by atoms with van der Waals surface area (Å²) >= 11 is 0. The molecule has 0 saturated heterocycles. The number of nitrogens with one attached hydrogen (secondary N) is 1. The van der Waals surface area contributed by atoms with E-state index < -0.39 is 19.2 Å². The van der Waals surface area contributed by atoms with Crippen LogP contribution in [-0.2, 0) is 4.79 Å². The van der Waals surface area contributed by atoms with Crippen LogP contribution >= 0.6 is 0 Å². The summed E-state index contributed by atoms with van der Waals surface area (Å²) in [4.78, 5) is 15.3. The summed E-state index contributed by atoms with van der Waals surface area (Å²) in [5, 5.41) is 7.28. The lowest BCUT2D eigenvalue weighted by Crippen LogP contribution is -2.41. The van der Waals surface area contributed by atoms with Gasteiger partial charge in [0, 0.05) is 36.4 Å². The highest BCUT2D eigenvalue weighted by Crippen LogP contribution is 2.25. The summed E-state index contributed by atoms with van der Waals surface area (Å²) in [5.74, 6) is 10.6. The number of carbonyl (C=O) groups is 1. The molecule has 0 aliphatic rings. The van der Waals surface area contributed by atoms with Gasteiger partial charge in [-0.25, -0.2) is 24.0 Å². The van der Waals surface area contributed by atoms with E-state index in [1.54, 1.807) is 30.3 Å². The minimum atomic E-state index is -1.10.